The summed E-state index contributed by atoms with van der Waals surface area (Å²) in [6.07, 6.45) is 7.35. The van der Waals surface area contributed by atoms with Gasteiger partial charge in [0.05, 0.1) is 17.3 Å². The molecule has 1 aromatic carbocycles. The van der Waals surface area contributed by atoms with Crippen molar-refractivity contribution in [1.29, 1.82) is 0 Å². The maximum atomic E-state index is 13.0. The SMILES string of the molecule is Cc1cncc(N2CC[C@@H](NC(=O)C(C)(C)c3ccc(C4CC4)cc3)C2)c1. The number of aryl methyl sites for hydroxylation is 1. The molecule has 2 heterocycles. The first-order chi connectivity index (χ1) is 12.9. The van der Waals surface area contributed by atoms with Crippen molar-refractivity contribution in [3.8, 4) is 0 Å². The Hall–Kier alpha value is -2.36. The number of carbonyl (C=O) groups is 1. The van der Waals surface area contributed by atoms with Crippen molar-refractivity contribution >= 4 is 11.6 Å². The van der Waals surface area contributed by atoms with Gasteiger partial charge in [-0.15, -0.1) is 0 Å². The van der Waals surface area contributed by atoms with E-state index in [1.807, 2.05) is 26.2 Å². The van der Waals surface area contributed by atoms with Gasteiger partial charge in [-0.3, -0.25) is 9.78 Å². The summed E-state index contributed by atoms with van der Waals surface area (Å²) in [6.45, 7) is 7.89. The number of hydrogen-bond donors (Lipinski definition) is 1. The second-order valence-corrected chi connectivity index (χ2v) is 8.65. The maximum absolute atomic E-state index is 13.0. The Bertz CT molecular complexity index is 824. The highest BCUT2D eigenvalue weighted by atomic mass is 16.2. The summed E-state index contributed by atoms with van der Waals surface area (Å²) >= 11 is 0. The van der Waals surface area contributed by atoms with E-state index in [1.165, 1.54) is 18.4 Å². The highest BCUT2D eigenvalue weighted by Gasteiger charge is 2.34. The lowest BCUT2D eigenvalue weighted by Gasteiger charge is -2.27. The Morgan fingerprint density at radius 2 is 1.89 bits per heavy atom. The molecule has 1 atom stereocenters. The normalized spacial score (nSPS) is 20.0. The molecule has 1 amide bonds. The van der Waals surface area contributed by atoms with E-state index in [4.69, 9.17) is 0 Å². The van der Waals surface area contributed by atoms with Crippen LogP contribution in [0, 0.1) is 6.92 Å². The van der Waals surface area contributed by atoms with Crippen LogP contribution in [-0.2, 0) is 10.2 Å². The Balaban J connectivity index is 1.39. The number of nitrogens with one attached hydrogen (secondary N) is 1. The van der Waals surface area contributed by atoms with Gasteiger partial charge in [0.1, 0.15) is 0 Å². The summed E-state index contributed by atoms with van der Waals surface area (Å²) in [6, 6.07) is 11.0. The summed E-state index contributed by atoms with van der Waals surface area (Å²) in [5.41, 5.74) is 4.27. The number of rotatable bonds is 5. The van der Waals surface area contributed by atoms with Gasteiger partial charge < -0.3 is 10.2 Å². The predicted octanol–water partition coefficient (Wildman–Crippen LogP) is 3.94. The van der Waals surface area contributed by atoms with Crippen LogP contribution in [0.15, 0.2) is 42.7 Å². The molecule has 1 aliphatic carbocycles. The number of pyridine rings is 1. The van der Waals surface area contributed by atoms with Crippen molar-refractivity contribution in [1.82, 2.24) is 10.3 Å². The lowest BCUT2D eigenvalue weighted by molar-refractivity contribution is -0.126. The third kappa shape index (κ3) is 3.85. The van der Waals surface area contributed by atoms with Crippen molar-refractivity contribution in [2.24, 2.45) is 0 Å². The van der Waals surface area contributed by atoms with Crippen LogP contribution in [0.25, 0.3) is 0 Å². The monoisotopic (exact) mass is 363 g/mol. The summed E-state index contributed by atoms with van der Waals surface area (Å²) in [5.74, 6) is 0.854. The second-order valence-electron chi connectivity index (χ2n) is 8.65. The molecular weight excluding hydrogens is 334 g/mol. The van der Waals surface area contributed by atoms with Crippen molar-refractivity contribution in [2.45, 2.75) is 57.4 Å². The average Bonchev–Trinajstić information content (AvgIpc) is 3.41. The van der Waals surface area contributed by atoms with E-state index in [0.29, 0.717) is 0 Å². The first-order valence-electron chi connectivity index (χ1n) is 10.0. The van der Waals surface area contributed by atoms with E-state index in [2.05, 4.69) is 52.5 Å². The summed E-state index contributed by atoms with van der Waals surface area (Å²) in [7, 11) is 0. The van der Waals surface area contributed by atoms with Crippen LogP contribution >= 0.6 is 0 Å². The van der Waals surface area contributed by atoms with Crippen LogP contribution in [0.3, 0.4) is 0 Å². The molecular formula is C23H29N3O. The molecule has 1 aromatic heterocycles. The molecule has 142 valence electrons. The molecule has 4 heteroatoms. The van der Waals surface area contributed by atoms with Crippen LogP contribution in [-0.4, -0.2) is 30.0 Å². The summed E-state index contributed by atoms with van der Waals surface area (Å²) < 4.78 is 0. The molecule has 4 rings (SSSR count). The quantitative estimate of drug-likeness (QED) is 0.875. The molecule has 0 radical (unpaired) electrons. The van der Waals surface area contributed by atoms with Gasteiger partial charge in [-0.1, -0.05) is 24.3 Å². The predicted molar refractivity (Wildman–Crippen MR) is 109 cm³/mol. The van der Waals surface area contributed by atoms with Crippen molar-refractivity contribution in [3.05, 3.63) is 59.4 Å². The van der Waals surface area contributed by atoms with Crippen LogP contribution in [0.5, 0.6) is 0 Å². The van der Waals surface area contributed by atoms with E-state index in [1.54, 1.807) is 0 Å². The lowest BCUT2D eigenvalue weighted by Crippen LogP contribution is -2.46. The molecule has 1 saturated carbocycles. The maximum Gasteiger partial charge on any atom is 0.230 e. The number of carbonyl (C=O) groups excluding carboxylic acids is 1. The van der Waals surface area contributed by atoms with Crippen LogP contribution in [0.1, 0.15) is 55.7 Å². The molecule has 1 saturated heterocycles. The Labute approximate surface area is 162 Å². The number of amides is 1. The van der Waals surface area contributed by atoms with Gasteiger partial charge in [-0.2, -0.15) is 0 Å². The topological polar surface area (TPSA) is 45.2 Å². The Morgan fingerprint density at radius 1 is 1.15 bits per heavy atom. The fourth-order valence-corrected chi connectivity index (χ4v) is 3.91. The van der Waals surface area contributed by atoms with E-state index in [-0.39, 0.29) is 11.9 Å². The molecule has 2 fully saturated rings. The zero-order chi connectivity index (χ0) is 19.0. The van der Waals surface area contributed by atoms with Gasteiger partial charge in [-0.05, 0) is 68.7 Å². The van der Waals surface area contributed by atoms with Crippen LogP contribution in [0.2, 0.25) is 0 Å². The standard InChI is InChI=1S/C23H29N3O/c1-16-12-21(14-24-13-16)26-11-10-20(15-26)25-22(27)23(2,3)19-8-6-18(7-9-19)17-4-5-17/h6-9,12-14,17,20H,4-5,10-11,15H2,1-3H3,(H,25,27)/t20-/m1/s1. The molecule has 2 aromatic rings. The number of hydrogen-bond acceptors (Lipinski definition) is 3. The lowest BCUT2D eigenvalue weighted by atomic mass is 9.83. The summed E-state index contributed by atoms with van der Waals surface area (Å²) in [5, 5.41) is 3.28. The third-order valence-electron chi connectivity index (χ3n) is 6.00. The van der Waals surface area contributed by atoms with Gasteiger partial charge in [-0.25, -0.2) is 0 Å². The van der Waals surface area contributed by atoms with Crippen molar-refractivity contribution in [2.75, 3.05) is 18.0 Å². The van der Waals surface area contributed by atoms with Crippen molar-refractivity contribution < 1.29 is 4.79 Å². The van der Waals surface area contributed by atoms with Gasteiger partial charge in [0, 0.05) is 25.3 Å². The van der Waals surface area contributed by atoms with Gasteiger partial charge in [0.25, 0.3) is 0 Å². The molecule has 2 aliphatic rings. The number of benzene rings is 1. The third-order valence-corrected chi connectivity index (χ3v) is 6.00. The Morgan fingerprint density at radius 3 is 2.56 bits per heavy atom. The number of aromatic nitrogens is 1. The fraction of sp³-hybridized carbons (Fsp3) is 0.478. The smallest absolute Gasteiger partial charge is 0.230 e. The minimum atomic E-state index is -0.527. The minimum absolute atomic E-state index is 0.107. The highest BCUT2D eigenvalue weighted by Crippen LogP contribution is 2.40. The first-order valence-corrected chi connectivity index (χ1v) is 10.0. The zero-order valence-corrected chi connectivity index (χ0v) is 16.5. The highest BCUT2D eigenvalue weighted by molar-refractivity contribution is 5.87. The van der Waals surface area contributed by atoms with E-state index in [9.17, 15) is 4.79 Å². The molecule has 0 spiro atoms. The molecule has 0 bridgehead atoms. The fourth-order valence-electron chi connectivity index (χ4n) is 3.91. The number of anilines is 1. The molecule has 1 aliphatic heterocycles. The van der Waals surface area contributed by atoms with Gasteiger partial charge in [0.2, 0.25) is 5.91 Å². The summed E-state index contributed by atoms with van der Waals surface area (Å²) in [4.78, 5) is 19.6. The van der Waals surface area contributed by atoms with E-state index < -0.39 is 5.41 Å². The zero-order valence-electron chi connectivity index (χ0n) is 16.5. The van der Waals surface area contributed by atoms with E-state index >= 15 is 0 Å². The minimum Gasteiger partial charge on any atom is -0.368 e. The van der Waals surface area contributed by atoms with Gasteiger partial charge in [0.15, 0.2) is 0 Å². The van der Waals surface area contributed by atoms with E-state index in [0.717, 1.165) is 42.2 Å². The number of nitrogens with zero attached hydrogens (tertiary/aromatic N) is 2. The first kappa shape index (κ1) is 18.0. The van der Waals surface area contributed by atoms with Crippen LogP contribution in [0.4, 0.5) is 5.69 Å². The molecule has 0 unspecified atom stereocenters. The second kappa shape index (κ2) is 6.99. The Kier molecular flexibility index (Phi) is 4.67. The van der Waals surface area contributed by atoms with Crippen LogP contribution < -0.4 is 10.2 Å². The van der Waals surface area contributed by atoms with Gasteiger partial charge >= 0.3 is 0 Å². The molecule has 4 nitrogen and oxygen atoms in total. The molecule has 1 N–H and O–H groups in total. The molecule has 27 heavy (non-hydrogen) atoms. The largest absolute Gasteiger partial charge is 0.368 e. The average molecular weight is 364 g/mol. The van der Waals surface area contributed by atoms with Crippen molar-refractivity contribution in [3.63, 3.8) is 0 Å².